The number of aryl methyl sites for hydroxylation is 2. The number of hydrogen-bond donors (Lipinski definition) is 0. The number of carbonyl (C=O) groups excluding carboxylic acids is 1. The van der Waals surface area contributed by atoms with E-state index in [9.17, 15) is 9.59 Å². The van der Waals surface area contributed by atoms with Gasteiger partial charge in [0, 0.05) is 49.6 Å². The van der Waals surface area contributed by atoms with Crippen molar-refractivity contribution in [3.8, 4) is 11.4 Å². The summed E-state index contributed by atoms with van der Waals surface area (Å²) in [6.45, 7) is 6.92. The third kappa shape index (κ3) is 5.50. The largest absolute Gasteiger partial charge is 0.326 e. The maximum Gasteiger partial charge on any atom is 0.253 e. The summed E-state index contributed by atoms with van der Waals surface area (Å²) < 4.78 is 3.60. The van der Waals surface area contributed by atoms with E-state index in [0.717, 1.165) is 30.6 Å². The van der Waals surface area contributed by atoms with Crippen LogP contribution in [-0.4, -0.2) is 43.9 Å². The Morgan fingerprint density at radius 2 is 1.82 bits per heavy atom. The summed E-state index contributed by atoms with van der Waals surface area (Å²) in [6, 6.07) is 12.4. The molecule has 0 N–H and O–H groups in total. The summed E-state index contributed by atoms with van der Waals surface area (Å²) in [6.07, 6.45) is 8.83. The molecule has 1 unspecified atom stereocenters. The Hall–Kier alpha value is -2.99. The lowest BCUT2D eigenvalue weighted by molar-refractivity contribution is 0.0951. The van der Waals surface area contributed by atoms with Crippen LogP contribution in [0.2, 0.25) is 0 Å². The molecular weight excluding hydrogens is 412 g/mol. The molecule has 1 aliphatic heterocycles. The second kappa shape index (κ2) is 10.3. The highest BCUT2D eigenvalue weighted by Gasteiger charge is 2.21. The number of likely N-dealkylation sites (tertiary alicyclic amines) is 1. The minimum absolute atomic E-state index is 0.0251. The molecule has 33 heavy (non-hydrogen) atoms. The minimum atomic E-state index is -0.0251. The van der Waals surface area contributed by atoms with Gasteiger partial charge in [0.2, 0.25) is 0 Å². The molecule has 3 aromatic rings. The van der Waals surface area contributed by atoms with Gasteiger partial charge in [-0.2, -0.15) is 0 Å². The lowest BCUT2D eigenvalue weighted by Gasteiger charge is -2.32. The Bertz CT molecular complexity index is 1130. The predicted octanol–water partition coefficient (Wildman–Crippen LogP) is 4.44. The lowest BCUT2D eigenvalue weighted by atomic mass is 10.0. The molecule has 1 saturated heterocycles. The van der Waals surface area contributed by atoms with Gasteiger partial charge in [0.1, 0.15) is 11.5 Å². The van der Waals surface area contributed by atoms with Crippen LogP contribution < -0.4 is 5.56 Å². The van der Waals surface area contributed by atoms with E-state index < -0.39 is 0 Å². The molecule has 1 aromatic carbocycles. The van der Waals surface area contributed by atoms with Crippen molar-refractivity contribution in [1.82, 2.24) is 19.0 Å². The summed E-state index contributed by atoms with van der Waals surface area (Å²) in [5, 5.41) is 0. The fourth-order valence-corrected chi connectivity index (χ4v) is 4.69. The zero-order valence-electron chi connectivity index (χ0n) is 20.0. The Labute approximate surface area is 195 Å². The van der Waals surface area contributed by atoms with Crippen molar-refractivity contribution in [1.29, 1.82) is 0 Å². The number of carbonyl (C=O) groups is 1. The molecule has 6 heteroatoms. The molecule has 0 bridgehead atoms. The lowest BCUT2D eigenvalue weighted by Crippen LogP contribution is -2.37. The molecule has 1 fully saturated rings. The molecule has 0 radical (unpaired) electrons. The number of nitrogens with zero attached hydrogens (tertiary/aromatic N) is 4. The van der Waals surface area contributed by atoms with E-state index in [4.69, 9.17) is 4.98 Å². The highest BCUT2D eigenvalue weighted by molar-refractivity contribution is 5.94. The molecule has 174 valence electrons. The number of rotatable bonds is 8. The van der Waals surface area contributed by atoms with E-state index in [0.29, 0.717) is 36.1 Å². The zero-order chi connectivity index (χ0) is 23.4. The van der Waals surface area contributed by atoms with Crippen molar-refractivity contribution in [3.63, 3.8) is 0 Å². The molecule has 3 heterocycles. The first-order valence-electron chi connectivity index (χ1n) is 12.0. The Balaban J connectivity index is 1.58. The van der Waals surface area contributed by atoms with Crippen molar-refractivity contribution in [2.24, 2.45) is 7.05 Å². The zero-order valence-corrected chi connectivity index (χ0v) is 20.0. The smallest absolute Gasteiger partial charge is 0.253 e. The van der Waals surface area contributed by atoms with E-state index in [2.05, 4.69) is 24.0 Å². The molecule has 0 aliphatic carbocycles. The van der Waals surface area contributed by atoms with Crippen LogP contribution in [0.3, 0.4) is 0 Å². The highest BCUT2D eigenvalue weighted by atomic mass is 16.1. The van der Waals surface area contributed by atoms with Gasteiger partial charge in [0.05, 0.1) is 0 Å². The van der Waals surface area contributed by atoms with Crippen LogP contribution in [0.1, 0.15) is 60.6 Å². The molecule has 2 aromatic heterocycles. The number of piperidine rings is 1. The van der Waals surface area contributed by atoms with Gasteiger partial charge < -0.3 is 14.0 Å². The average Bonchev–Trinajstić information content (AvgIpc) is 3.25. The van der Waals surface area contributed by atoms with E-state index in [-0.39, 0.29) is 11.3 Å². The monoisotopic (exact) mass is 446 g/mol. The fourth-order valence-electron chi connectivity index (χ4n) is 4.69. The fraction of sp³-hybridized carbons (Fsp3) is 0.444. The van der Waals surface area contributed by atoms with Crippen molar-refractivity contribution in [3.05, 3.63) is 76.0 Å². The SMILES string of the molecule is Cc1cc(-c2nc(C(=O)CCC(C)N3CCCCC3)cn2Cc2ccccc2)cn(C)c1=O. The van der Waals surface area contributed by atoms with E-state index in [1.54, 1.807) is 17.8 Å². The van der Waals surface area contributed by atoms with Crippen LogP contribution in [0.25, 0.3) is 11.4 Å². The van der Waals surface area contributed by atoms with Gasteiger partial charge in [-0.15, -0.1) is 0 Å². The number of aromatic nitrogens is 3. The van der Waals surface area contributed by atoms with E-state index in [1.165, 1.54) is 19.3 Å². The first-order valence-corrected chi connectivity index (χ1v) is 12.0. The summed E-state index contributed by atoms with van der Waals surface area (Å²) in [4.78, 5) is 32.6. The van der Waals surface area contributed by atoms with Crippen molar-refractivity contribution in [2.45, 2.75) is 58.5 Å². The van der Waals surface area contributed by atoms with Crippen molar-refractivity contribution < 1.29 is 4.79 Å². The molecule has 1 atom stereocenters. The van der Waals surface area contributed by atoms with Gasteiger partial charge in [-0.3, -0.25) is 9.59 Å². The van der Waals surface area contributed by atoms with Crippen molar-refractivity contribution >= 4 is 5.78 Å². The van der Waals surface area contributed by atoms with Crippen molar-refractivity contribution in [2.75, 3.05) is 13.1 Å². The molecule has 0 saturated carbocycles. The Morgan fingerprint density at radius 1 is 1.09 bits per heavy atom. The molecular formula is C27H34N4O2. The topological polar surface area (TPSA) is 60.1 Å². The van der Waals surface area contributed by atoms with Gasteiger partial charge in [-0.25, -0.2) is 4.98 Å². The minimum Gasteiger partial charge on any atom is -0.326 e. The van der Waals surface area contributed by atoms with Crippen LogP contribution in [0, 0.1) is 6.92 Å². The third-order valence-electron chi connectivity index (χ3n) is 6.68. The summed E-state index contributed by atoms with van der Waals surface area (Å²) in [5.74, 6) is 0.790. The van der Waals surface area contributed by atoms with Crippen LogP contribution in [0.4, 0.5) is 0 Å². The second-order valence-electron chi connectivity index (χ2n) is 9.30. The van der Waals surface area contributed by atoms with Crippen LogP contribution in [0.5, 0.6) is 0 Å². The number of imidazole rings is 1. The average molecular weight is 447 g/mol. The van der Waals surface area contributed by atoms with Crippen LogP contribution >= 0.6 is 0 Å². The van der Waals surface area contributed by atoms with Gasteiger partial charge in [0.25, 0.3) is 5.56 Å². The summed E-state index contributed by atoms with van der Waals surface area (Å²) >= 11 is 0. The standard InChI is InChI=1S/C27H34N4O2/c1-20-16-23(18-29(3)27(20)33)26-28-24(19-31(26)17-22-10-6-4-7-11-22)25(32)13-12-21(2)30-14-8-5-9-15-30/h4,6-7,10-11,16,18-19,21H,5,8-9,12-15,17H2,1-3H3. The normalized spacial score (nSPS) is 15.5. The summed E-state index contributed by atoms with van der Waals surface area (Å²) in [7, 11) is 1.75. The highest BCUT2D eigenvalue weighted by Crippen LogP contribution is 2.22. The van der Waals surface area contributed by atoms with Gasteiger partial charge >= 0.3 is 0 Å². The maximum atomic E-state index is 13.1. The van der Waals surface area contributed by atoms with Crippen LogP contribution in [0.15, 0.2) is 53.6 Å². The number of Topliss-reactive ketones (excluding diaryl/α,β-unsaturated/α-hetero) is 1. The number of benzene rings is 1. The number of ketones is 1. The number of pyridine rings is 1. The second-order valence-corrected chi connectivity index (χ2v) is 9.30. The van der Waals surface area contributed by atoms with E-state index in [1.807, 2.05) is 42.0 Å². The molecule has 4 rings (SSSR count). The quantitative estimate of drug-likeness (QED) is 0.480. The third-order valence-corrected chi connectivity index (χ3v) is 6.68. The maximum absolute atomic E-state index is 13.1. The Kier molecular flexibility index (Phi) is 7.23. The molecule has 6 nitrogen and oxygen atoms in total. The van der Waals surface area contributed by atoms with Gasteiger partial charge in [-0.05, 0) is 57.8 Å². The number of hydrogen-bond acceptors (Lipinski definition) is 4. The van der Waals surface area contributed by atoms with Gasteiger partial charge in [-0.1, -0.05) is 36.8 Å². The Morgan fingerprint density at radius 3 is 2.52 bits per heavy atom. The molecule has 1 aliphatic rings. The van der Waals surface area contributed by atoms with E-state index >= 15 is 0 Å². The first kappa shape index (κ1) is 23.2. The van der Waals surface area contributed by atoms with Crippen LogP contribution in [-0.2, 0) is 13.6 Å². The summed E-state index contributed by atoms with van der Waals surface area (Å²) in [5.41, 5.74) is 3.11. The predicted molar refractivity (Wildman–Crippen MR) is 132 cm³/mol. The first-order chi connectivity index (χ1) is 15.9. The molecule has 0 spiro atoms. The van der Waals surface area contributed by atoms with Gasteiger partial charge in [0.15, 0.2) is 5.78 Å². The molecule has 0 amide bonds.